The molecule has 0 bridgehead atoms. The SMILES string of the molecule is O=C(COc1ccccc1CF)N1CCc2cnc(N3CCN(C4CCC4)CC3)nc2CC1. The number of carbonyl (C=O) groups excluding carboxylic acids is 1. The number of carbonyl (C=O) groups is 1. The third-order valence-electron chi connectivity index (χ3n) is 7.22. The van der Waals surface area contributed by atoms with Crippen molar-refractivity contribution in [3.63, 3.8) is 0 Å². The number of halogens is 1. The summed E-state index contributed by atoms with van der Waals surface area (Å²) in [6.07, 6.45) is 7.45. The maximum atomic E-state index is 13.1. The van der Waals surface area contributed by atoms with E-state index < -0.39 is 6.67 Å². The Hall–Kier alpha value is -2.74. The zero-order valence-corrected chi connectivity index (χ0v) is 19.1. The number of nitrogens with zero attached hydrogens (tertiary/aromatic N) is 5. The summed E-state index contributed by atoms with van der Waals surface area (Å²) >= 11 is 0. The summed E-state index contributed by atoms with van der Waals surface area (Å²) in [4.78, 5) is 29.0. The number of rotatable bonds is 6. The van der Waals surface area contributed by atoms with Crippen molar-refractivity contribution in [3.8, 4) is 5.75 Å². The Morgan fingerprint density at radius 3 is 2.61 bits per heavy atom. The molecule has 0 unspecified atom stereocenters. The zero-order chi connectivity index (χ0) is 22.6. The third kappa shape index (κ3) is 4.95. The fraction of sp³-hybridized carbons (Fsp3) is 0.560. The fourth-order valence-corrected chi connectivity index (χ4v) is 4.89. The molecule has 1 aliphatic carbocycles. The van der Waals surface area contributed by atoms with Crippen LogP contribution in [0.1, 0.15) is 36.1 Å². The standard InChI is InChI=1S/C25H32FN5O2/c26-16-19-4-1-2-7-23(19)33-18-24(32)30-10-8-20-17-27-25(28-22(20)9-11-30)31-14-12-29(13-15-31)21-5-3-6-21/h1-2,4,7,17,21H,3,5-6,8-16,18H2. The van der Waals surface area contributed by atoms with Crippen molar-refractivity contribution < 1.29 is 13.9 Å². The lowest BCUT2D eigenvalue weighted by atomic mass is 9.91. The Balaban J connectivity index is 1.16. The minimum atomic E-state index is -0.611. The molecule has 33 heavy (non-hydrogen) atoms. The van der Waals surface area contributed by atoms with Crippen molar-refractivity contribution in [1.82, 2.24) is 19.8 Å². The molecule has 2 aromatic rings. The number of alkyl halides is 1. The lowest BCUT2D eigenvalue weighted by Gasteiger charge is -2.43. The van der Waals surface area contributed by atoms with Gasteiger partial charge in [-0.2, -0.15) is 0 Å². The maximum Gasteiger partial charge on any atom is 0.260 e. The van der Waals surface area contributed by atoms with Crippen LogP contribution in [0.25, 0.3) is 0 Å². The van der Waals surface area contributed by atoms with Gasteiger partial charge in [0.25, 0.3) is 5.91 Å². The largest absolute Gasteiger partial charge is 0.483 e. The molecule has 0 N–H and O–H groups in total. The van der Waals surface area contributed by atoms with Crippen molar-refractivity contribution in [1.29, 1.82) is 0 Å². The van der Waals surface area contributed by atoms with Crippen LogP contribution in [-0.4, -0.2) is 77.6 Å². The molecule has 1 saturated heterocycles. The molecule has 2 aliphatic heterocycles. The highest BCUT2D eigenvalue weighted by Crippen LogP contribution is 2.26. The van der Waals surface area contributed by atoms with E-state index in [0.717, 1.165) is 55.8 Å². The number of amides is 1. The van der Waals surface area contributed by atoms with E-state index >= 15 is 0 Å². The van der Waals surface area contributed by atoms with Gasteiger partial charge in [-0.05, 0) is 30.9 Å². The fourth-order valence-electron chi connectivity index (χ4n) is 4.89. The van der Waals surface area contributed by atoms with E-state index in [9.17, 15) is 9.18 Å². The molecule has 1 saturated carbocycles. The predicted molar refractivity (Wildman–Crippen MR) is 124 cm³/mol. The molecule has 1 aromatic heterocycles. The van der Waals surface area contributed by atoms with Gasteiger partial charge in [0.1, 0.15) is 12.4 Å². The zero-order valence-electron chi connectivity index (χ0n) is 19.1. The van der Waals surface area contributed by atoms with Gasteiger partial charge in [-0.25, -0.2) is 14.4 Å². The lowest BCUT2D eigenvalue weighted by Crippen LogP contribution is -2.52. The Kier molecular flexibility index (Phi) is 6.71. The number of benzene rings is 1. The molecular weight excluding hydrogens is 421 g/mol. The number of hydrogen-bond donors (Lipinski definition) is 0. The van der Waals surface area contributed by atoms with Crippen molar-refractivity contribution in [2.24, 2.45) is 0 Å². The third-order valence-corrected chi connectivity index (χ3v) is 7.22. The molecule has 5 rings (SSSR count). The molecular formula is C25H32FN5O2. The van der Waals surface area contributed by atoms with Gasteiger partial charge in [-0.15, -0.1) is 0 Å². The van der Waals surface area contributed by atoms with Crippen LogP contribution in [0.2, 0.25) is 0 Å². The van der Waals surface area contributed by atoms with E-state index in [2.05, 4.69) is 14.8 Å². The van der Waals surface area contributed by atoms with Gasteiger partial charge in [0.2, 0.25) is 5.95 Å². The molecule has 0 atom stereocenters. The molecule has 1 amide bonds. The summed E-state index contributed by atoms with van der Waals surface area (Å²) < 4.78 is 18.7. The number of aromatic nitrogens is 2. The van der Waals surface area contributed by atoms with Gasteiger partial charge in [-0.1, -0.05) is 24.6 Å². The monoisotopic (exact) mass is 453 g/mol. The summed E-state index contributed by atoms with van der Waals surface area (Å²) in [6.45, 7) is 4.62. The number of hydrogen-bond acceptors (Lipinski definition) is 6. The first kappa shape index (κ1) is 22.1. The molecule has 0 radical (unpaired) electrons. The smallest absolute Gasteiger partial charge is 0.260 e. The molecule has 3 aliphatic rings. The van der Waals surface area contributed by atoms with Gasteiger partial charge in [0, 0.05) is 63.5 Å². The van der Waals surface area contributed by atoms with Gasteiger partial charge in [0.15, 0.2) is 6.61 Å². The molecule has 3 heterocycles. The average molecular weight is 454 g/mol. The van der Waals surface area contributed by atoms with Gasteiger partial charge in [-0.3, -0.25) is 9.69 Å². The number of anilines is 1. The molecule has 7 nitrogen and oxygen atoms in total. The molecule has 8 heteroatoms. The number of para-hydroxylation sites is 1. The molecule has 1 aromatic carbocycles. The Morgan fingerprint density at radius 2 is 1.85 bits per heavy atom. The van der Waals surface area contributed by atoms with Crippen LogP contribution < -0.4 is 9.64 Å². The van der Waals surface area contributed by atoms with Crippen LogP contribution in [0.15, 0.2) is 30.5 Å². The quantitative estimate of drug-likeness (QED) is 0.670. The highest BCUT2D eigenvalue weighted by atomic mass is 19.1. The van der Waals surface area contributed by atoms with E-state index in [1.165, 1.54) is 19.3 Å². The van der Waals surface area contributed by atoms with Crippen LogP contribution in [0.3, 0.4) is 0 Å². The van der Waals surface area contributed by atoms with E-state index in [4.69, 9.17) is 9.72 Å². The second-order valence-electron chi connectivity index (χ2n) is 9.16. The van der Waals surface area contributed by atoms with E-state index in [1.807, 2.05) is 11.1 Å². The first-order valence-corrected chi connectivity index (χ1v) is 12.1. The molecule has 2 fully saturated rings. The number of ether oxygens (including phenoxy) is 1. The van der Waals surface area contributed by atoms with Crippen LogP contribution in [0.5, 0.6) is 5.75 Å². The summed E-state index contributed by atoms with van der Waals surface area (Å²) in [5.74, 6) is 1.16. The first-order valence-electron chi connectivity index (χ1n) is 12.1. The van der Waals surface area contributed by atoms with Crippen LogP contribution in [-0.2, 0) is 24.3 Å². The van der Waals surface area contributed by atoms with Crippen LogP contribution in [0, 0.1) is 0 Å². The summed E-state index contributed by atoms with van der Waals surface area (Å²) in [5, 5.41) is 0. The van der Waals surface area contributed by atoms with Crippen molar-refractivity contribution in [2.75, 3.05) is 50.8 Å². The van der Waals surface area contributed by atoms with E-state index in [1.54, 1.807) is 24.3 Å². The van der Waals surface area contributed by atoms with Crippen molar-refractivity contribution in [3.05, 3.63) is 47.3 Å². The predicted octanol–water partition coefficient (Wildman–Crippen LogP) is 2.63. The summed E-state index contributed by atoms with van der Waals surface area (Å²) in [5.41, 5.74) is 2.62. The number of fused-ring (bicyclic) bond motifs is 1. The van der Waals surface area contributed by atoms with E-state index in [0.29, 0.717) is 30.8 Å². The second kappa shape index (κ2) is 10.0. The Morgan fingerprint density at radius 1 is 1.06 bits per heavy atom. The van der Waals surface area contributed by atoms with Crippen LogP contribution >= 0.6 is 0 Å². The highest BCUT2D eigenvalue weighted by molar-refractivity contribution is 5.78. The number of piperazine rings is 1. The summed E-state index contributed by atoms with van der Waals surface area (Å²) in [7, 11) is 0. The molecule has 0 spiro atoms. The van der Waals surface area contributed by atoms with Gasteiger partial charge < -0.3 is 14.5 Å². The Bertz CT molecular complexity index is 975. The minimum absolute atomic E-state index is 0.0863. The first-order chi connectivity index (χ1) is 16.2. The van der Waals surface area contributed by atoms with E-state index in [-0.39, 0.29) is 12.5 Å². The topological polar surface area (TPSA) is 61.8 Å². The van der Waals surface area contributed by atoms with Crippen LogP contribution in [0.4, 0.5) is 10.3 Å². The van der Waals surface area contributed by atoms with Crippen molar-refractivity contribution >= 4 is 11.9 Å². The highest BCUT2D eigenvalue weighted by Gasteiger charge is 2.29. The minimum Gasteiger partial charge on any atom is -0.483 e. The lowest BCUT2D eigenvalue weighted by molar-refractivity contribution is -0.133. The average Bonchev–Trinajstić information content (AvgIpc) is 3.04. The maximum absolute atomic E-state index is 13.1. The summed E-state index contributed by atoms with van der Waals surface area (Å²) in [6, 6.07) is 7.71. The second-order valence-corrected chi connectivity index (χ2v) is 9.16. The Labute approximate surface area is 194 Å². The van der Waals surface area contributed by atoms with Crippen molar-refractivity contribution in [2.45, 2.75) is 44.8 Å². The van der Waals surface area contributed by atoms with Gasteiger partial charge >= 0.3 is 0 Å². The van der Waals surface area contributed by atoms with Gasteiger partial charge in [0.05, 0.1) is 5.69 Å². The molecule has 176 valence electrons. The normalized spacial score (nSPS) is 19.5.